The second kappa shape index (κ2) is 11.3. The fraction of sp³-hybridized carbons (Fsp3) is 0.0444. The third kappa shape index (κ3) is 4.67. The number of benzene rings is 7. The Bertz CT molecular complexity index is 2720. The first-order valence-corrected chi connectivity index (χ1v) is 17.6. The van der Waals surface area contributed by atoms with Gasteiger partial charge in [-0.2, -0.15) is 0 Å². The first kappa shape index (κ1) is 28.1. The Balaban J connectivity index is 1.20. The summed E-state index contributed by atoms with van der Waals surface area (Å²) in [5, 5.41) is 5.84. The number of rotatable bonds is 5. The van der Waals surface area contributed by atoms with Gasteiger partial charge in [-0.15, -0.1) is 11.3 Å². The van der Waals surface area contributed by atoms with Crippen molar-refractivity contribution < 1.29 is 4.42 Å². The molecule has 232 valence electrons. The summed E-state index contributed by atoms with van der Waals surface area (Å²) in [7, 11) is 0. The Morgan fingerprint density at radius 2 is 1.39 bits per heavy atom. The van der Waals surface area contributed by atoms with Gasteiger partial charge >= 0.3 is 0 Å². The number of allylic oxidation sites excluding steroid dienone is 1. The summed E-state index contributed by atoms with van der Waals surface area (Å²) in [6.07, 6.45) is 6.70. The van der Waals surface area contributed by atoms with E-state index in [1.54, 1.807) is 11.3 Å². The lowest BCUT2D eigenvalue weighted by molar-refractivity contribution is 0.669. The molecule has 0 spiro atoms. The van der Waals surface area contributed by atoms with Crippen LogP contribution in [0.4, 0.5) is 17.1 Å². The molecule has 0 bridgehead atoms. The van der Waals surface area contributed by atoms with Crippen LogP contribution in [-0.4, -0.2) is 4.98 Å². The Morgan fingerprint density at radius 1 is 0.612 bits per heavy atom. The maximum atomic E-state index is 6.65. The number of furan rings is 1. The molecule has 9 aromatic rings. The van der Waals surface area contributed by atoms with E-state index in [2.05, 4.69) is 157 Å². The van der Waals surface area contributed by atoms with Crippen LogP contribution < -0.4 is 4.90 Å². The van der Waals surface area contributed by atoms with Gasteiger partial charge in [-0.3, -0.25) is 0 Å². The predicted octanol–water partition coefficient (Wildman–Crippen LogP) is 13.1. The van der Waals surface area contributed by atoms with Crippen molar-refractivity contribution in [2.24, 2.45) is 0 Å². The van der Waals surface area contributed by atoms with E-state index in [1.807, 2.05) is 6.07 Å². The molecule has 0 N–H and O–H groups in total. The molecule has 49 heavy (non-hydrogen) atoms. The average molecular weight is 647 g/mol. The maximum Gasteiger partial charge on any atom is 0.137 e. The van der Waals surface area contributed by atoms with Crippen LogP contribution in [0.25, 0.3) is 70.7 Å². The zero-order valence-electron chi connectivity index (χ0n) is 26.6. The molecule has 0 radical (unpaired) electrons. The van der Waals surface area contributed by atoms with Gasteiger partial charge < -0.3 is 9.32 Å². The van der Waals surface area contributed by atoms with E-state index in [1.165, 1.54) is 38.7 Å². The zero-order chi connectivity index (χ0) is 32.3. The second-order valence-corrected chi connectivity index (χ2v) is 13.7. The summed E-state index contributed by atoms with van der Waals surface area (Å²) < 4.78 is 7.81. The van der Waals surface area contributed by atoms with Gasteiger partial charge in [0, 0.05) is 39.3 Å². The van der Waals surface area contributed by atoms with Crippen molar-refractivity contribution in [1.82, 2.24) is 4.98 Å². The van der Waals surface area contributed by atoms with Gasteiger partial charge in [0.2, 0.25) is 0 Å². The number of hydrogen-bond acceptors (Lipinski definition) is 4. The van der Waals surface area contributed by atoms with Crippen LogP contribution in [0, 0.1) is 0 Å². The first-order valence-electron chi connectivity index (χ1n) is 16.8. The van der Waals surface area contributed by atoms with Crippen molar-refractivity contribution in [3.05, 3.63) is 163 Å². The number of thiazole rings is 1. The summed E-state index contributed by atoms with van der Waals surface area (Å²) in [6, 6.07) is 51.9. The van der Waals surface area contributed by atoms with Crippen LogP contribution in [0.3, 0.4) is 0 Å². The van der Waals surface area contributed by atoms with Gasteiger partial charge in [0.15, 0.2) is 0 Å². The summed E-state index contributed by atoms with van der Waals surface area (Å²) in [5.74, 6) is 0. The highest BCUT2D eigenvalue weighted by molar-refractivity contribution is 7.22. The molecule has 0 atom stereocenters. The van der Waals surface area contributed by atoms with E-state index in [0.29, 0.717) is 0 Å². The topological polar surface area (TPSA) is 29.3 Å². The minimum absolute atomic E-state index is 0.865. The molecular formula is C45H30N2OS. The Morgan fingerprint density at radius 3 is 2.27 bits per heavy atom. The van der Waals surface area contributed by atoms with Crippen molar-refractivity contribution in [3.8, 4) is 21.7 Å². The van der Waals surface area contributed by atoms with E-state index in [4.69, 9.17) is 9.40 Å². The zero-order valence-corrected chi connectivity index (χ0v) is 27.5. The summed E-state index contributed by atoms with van der Waals surface area (Å²) in [5.41, 5.74) is 12.3. The Labute approximate surface area is 288 Å². The highest BCUT2D eigenvalue weighted by Crippen LogP contribution is 2.46. The molecule has 7 aromatic carbocycles. The first-order chi connectivity index (χ1) is 24.3. The molecule has 2 aromatic heterocycles. The number of fused-ring (bicyclic) bond motifs is 8. The van der Waals surface area contributed by atoms with Gasteiger partial charge in [-0.1, -0.05) is 109 Å². The molecule has 1 aliphatic carbocycles. The largest absolute Gasteiger partial charge is 0.456 e. The van der Waals surface area contributed by atoms with Gasteiger partial charge in [0.05, 0.1) is 15.9 Å². The van der Waals surface area contributed by atoms with Crippen LogP contribution in [0.15, 0.2) is 156 Å². The number of nitrogens with zero attached hydrogens (tertiary/aromatic N) is 2. The van der Waals surface area contributed by atoms with Crippen LogP contribution >= 0.6 is 11.3 Å². The highest BCUT2D eigenvalue weighted by Gasteiger charge is 2.23. The van der Waals surface area contributed by atoms with Gasteiger partial charge in [-0.25, -0.2) is 4.98 Å². The SMILES string of the molecule is C1=Cc2c(N(c3cccc(-c4ccccc4)c3)c3ccc4c(c3)oc3ccc5nc(-c6ccccc6)sc5c34)cc3ccccc3c2CC1. The number of aromatic nitrogens is 1. The predicted molar refractivity (Wildman–Crippen MR) is 207 cm³/mol. The number of aryl methyl sites for hydroxylation is 1. The molecule has 3 nitrogen and oxygen atoms in total. The quantitative estimate of drug-likeness (QED) is 0.186. The average Bonchev–Trinajstić information content (AvgIpc) is 3.77. The lowest BCUT2D eigenvalue weighted by Crippen LogP contribution is -2.13. The number of hydrogen-bond donors (Lipinski definition) is 0. The molecule has 0 saturated carbocycles. The summed E-state index contributed by atoms with van der Waals surface area (Å²) >= 11 is 1.73. The van der Waals surface area contributed by atoms with Crippen molar-refractivity contribution in [2.75, 3.05) is 4.90 Å². The monoisotopic (exact) mass is 646 g/mol. The summed E-state index contributed by atoms with van der Waals surface area (Å²) in [6.45, 7) is 0. The van der Waals surface area contributed by atoms with Crippen LogP contribution in [0.1, 0.15) is 17.5 Å². The lowest BCUT2D eigenvalue weighted by atomic mass is 9.89. The van der Waals surface area contributed by atoms with Gasteiger partial charge in [0.25, 0.3) is 0 Å². The standard InChI is InChI=1S/C45H30N2OS/c1-3-12-29(13-4-1)31-17-11-18-33(26-31)47(40-27-32-16-7-8-19-35(32)36-20-9-10-21-37(36)40)34-22-23-38-42(28-34)48-41-25-24-39-44(43(38)41)49-45(46-39)30-14-5-2-6-15-30/h1-8,10-19,21-28H,9,20H2. The van der Waals surface area contributed by atoms with Gasteiger partial charge in [-0.05, 0) is 82.8 Å². The molecule has 0 aliphatic heterocycles. The molecule has 1 aliphatic rings. The van der Waals surface area contributed by atoms with E-state index < -0.39 is 0 Å². The summed E-state index contributed by atoms with van der Waals surface area (Å²) in [4.78, 5) is 7.42. The molecular weight excluding hydrogens is 617 g/mol. The van der Waals surface area contributed by atoms with Crippen molar-refractivity contribution >= 4 is 77.4 Å². The Hall–Kier alpha value is -5.97. The van der Waals surface area contributed by atoms with Crippen molar-refractivity contribution in [3.63, 3.8) is 0 Å². The third-order valence-corrected chi connectivity index (χ3v) is 10.9. The Kier molecular flexibility index (Phi) is 6.49. The van der Waals surface area contributed by atoms with Crippen molar-refractivity contribution in [1.29, 1.82) is 0 Å². The maximum absolute atomic E-state index is 6.65. The molecule has 0 saturated heterocycles. The normalized spacial score (nSPS) is 12.7. The van der Waals surface area contributed by atoms with E-state index in [-0.39, 0.29) is 0 Å². The molecule has 2 heterocycles. The van der Waals surface area contributed by atoms with Gasteiger partial charge in [0.1, 0.15) is 16.2 Å². The fourth-order valence-electron chi connectivity index (χ4n) is 7.45. The highest BCUT2D eigenvalue weighted by atomic mass is 32.1. The van der Waals surface area contributed by atoms with Crippen molar-refractivity contribution in [2.45, 2.75) is 12.8 Å². The third-order valence-electron chi connectivity index (χ3n) is 9.73. The van der Waals surface area contributed by atoms with Crippen LogP contribution in [0.5, 0.6) is 0 Å². The minimum atomic E-state index is 0.865. The smallest absolute Gasteiger partial charge is 0.137 e. The lowest BCUT2D eigenvalue weighted by Gasteiger charge is -2.30. The van der Waals surface area contributed by atoms with E-state index in [0.717, 1.165) is 66.9 Å². The molecule has 4 heteroatoms. The number of anilines is 3. The molecule has 0 unspecified atom stereocenters. The second-order valence-electron chi connectivity index (χ2n) is 12.7. The molecule has 10 rings (SSSR count). The van der Waals surface area contributed by atoms with Crippen LogP contribution in [0.2, 0.25) is 0 Å². The van der Waals surface area contributed by atoms with Crippen LogP contribution in [-0.2, 0) is 6.42 Å². The molecule has 0 amide bonds. The minimum Gasteiger partial charge on any atom is -0.456 e. The van der Waals surface area contributed by atoms with E-state index >= 15 is 0 Å². The molecule has 0 fully saturated rings. The van der Waals surface area contributed by atoms with E-state index in [9.17, 15) is 0 Å². The fourth-order valence-corrected chi connectivity index (χ4v) is 8.57.